The standard InChI is InChI=1S/C19H18N2O5S/c22-18(13-21-16-8-4-5-9-17(16)26-19(21)23)20-11-10-15(12-20)27(24,25)14-6-2-1-3-7-14/h1-9,15H,10-13H2/t15-/m0/s1. The van der Waals surface area contributed by atoms with Crippen molar-refractivity contribution in [3.05, 3.63) is 65.1 Å². The largest absolute Gasteiger partial charge is 0.420 e. The van der Waals surface area contributed by atoms with Crippen LogP contribution in [0.15, 0.2) is 68.7 Å². The highest BCUT2D eigenvalue weighted by molar-refractivity contribution is 7.92. The van der Waals surface area contributed by atoms with Crippen LogP contribution in [0.4, 0.5) is 0 Å². The number of benzene rings is 2. The molecule has 1 amide bonds. The van der Waals surface area contributed by atoms with E-state index in [1.165, 1.54) is 9.47 Å². The Morgan fingerprint density at radius 1 is 1.07 bits per heavy atom. The van der Waals surface area contributed by atoms with Gasteiger partial charge in [-0.15, -0.1) is 0 Å². The van der Waals surface area contributed by atoms with Crippen molar-refractivity contribution in [2.24, 2.45) is 0 Å². The van der Waals surface area contributed by atoms with Crippen molar-refractivity contribution in [3.63, 3.8) is 0 Å². The van der Waals surface area contributed by atoms with E-state index in [0.29, 0.717) is 24.1 Å². The Balaban J connectivity index is 1.51. The van der Waals surface area contributed by atoms with Crippen LogP contribution >= 0.6 is 0 Å². The lowest BCUT2D eigenvalue weighted by Gasteiger charge is -2.17. The van der Waals surface area contributed by atoms with Gasteiger partial charge in [-0.1, -0.05) is 30.3 Å². The predicted octanol–water partition coefficient (Wildman–Crippen LogP) is 1.67. The maximum atomic E-state index is 12.7. The van der Waals surface area contributed by atoms with E-state index >= 15 is 0 Å². The fourth-order valence-electron chi connectivity index (χ4n) is 3.41. The molecule has 7 nitrogen and oxygen atoms in total. The van der Waals surface area contributed by atoms with Crippen molar-refractivity contribution in [1.82, 2.24) is 9.47 Å². The first-order valence-electron chi connectivity index (χ1n) is 8.62. The smallest absolute Gasteiger partial charge is 0.408 e. The zero-order valence-electron chi connectivity index (χ0n) is 14.4. The molecule has 1 atom stereocenters. The number of oxazole rings is 1. The SMILES string of the molecule is O=C(Cn1c(=O)oc2ccccc21)N1CC[C@H](S(=O)(=O)c2ccccc2)C1. The van der Waals surface area contributed by atoms with Crippen molar-refractivity contribution in [1.29, 1.82) is 0 Å². The van der Waals surface area contributed by atoms with Gasteiger partial charge in [-0.3, -0.25) is 9.36 Å². The van der Waals surface area contributed by atoms with E-state index in [0.717, 1.165) is 0 Å². The summed E-state index contributed by atoms with van der Waals surface area (Å²) in [5, 5.41) is -0.637. The Morgan fingerprint density at radius 2 is 1.78 bits per heavy atom. The second-order valence-corrected chi connectivity index (χ2v) is 8.76. The number of rotatable bonds is 4. The highest BCUT2D eigenvalue weighted by Crippen LogP contribution is 2.24. The molecule has 0 spiro atoms. The van der Waals surface area contributed by atoms with Crippen LogP contribution in [0.1, 0.15) is 6.42 Å². The maximum absolute atomic E-state index is 12.7. The lowest BCUT2D eigenvalue weighted by atomic mass is 10.3. The van der Waals surface area contributed by atoms with Crippen LogP contribution in [0.3, 0.4) is 0 Å². The van der Waals surface area contributed by atoms with Gasteiger partial charge in [0.1, 0.15) is 6.54 Å². The molecule has 0 bridgehead atoms. The fraction of sp³-hybridized carbons (Fsp3) is 0.263. The molecule has 140 valence electrons. The zero-order valence-corrected chi connectivity index (χ0v) is 15.3. The topological polar surface area (TPSA) is 89.6 Å². The van der Waals surface area contributed by atoms with E-state index in [4.69, 9.17) is 4.42 Å². The highest BCUT2D eigenvalue weighted by atomic mass is 32.2. The summed E-state index contributed by atoms with van der Waals surface area (Å²) in [5.41, 5.74) is 0.963. The molecule has 0 radical (unpaired) electrons. The van der Waals surface area contributed by atoms with Crippen LogP contribution in [-0.4, -0.2) is 42.1 Å². The number of para-hydroxylation sites is 2. The fourth-order valence-corrected chi connectivity index (χ4v) is 5.12. The van der Waals surface area contributed by atoms with E-state index in [1.807, 2.05) is 0 Å². The van der Waals surface area contributed by atoms with Gasteiger partial charge in [-0.25, -0.2) is 13.2 Å². The second-order valence-electron chi connectivity index (χ2n) is 6.53. The van der Waals surface area contributed by atoms with Gasteiger partial charge >= 0.3 is 5.76 Å². The van der Waals surface area contributed by atoms with Crippen molar-refractivity contribution < 1.29 is 17.6 Å². The Morgan fingerprint density at radius 3 is 2.56 bits per heavy atom. The Bertz CT molecular complexity index is 1150. The minimum Gasteiger partial charge on any atom is -0.408 e. The molecule has 0 aliphatic carbocycles. The number of hydrogen-bond acceptors (Lipinski definition) is 5. The Labute approximate surface area is 155 Å². The first kappa shape index (κ1) is 17.5. The van der Waals surface area contributed by atoms with Crippen LogP contribution in [0.5, 0.6) is 0 Å². The number of hydrogen-bond donors (Lipinski definition) is 0. The molecule has 4 rings (SSSR count). The van der Waals surface area contributed by atoms with E-state index in [2.05, 4.69) is 0 Å². The molecule has 27 heavy (non-hydrogen) atoms. The van der Waals surface area contributed by atoms with E-state index in [9.17, 15) is 18.0 Å². The normalized spacial score (nSPS) is 17.5. The molecule has 0 N–H and O–H groups in total. The summed E-state index contributed by atoms with van der Waals surface area (Å²) in [6, 6.07) is 15.1. The number of fused-ring (bicyclic) bond motifs is 1. The minimum atomic E-state index is -3.49. The molecule has 0 unspecified atom stereocenters. The van der Waals surface area contributed by atoms with Gasteiger partial charge in [0.25, 0.3) is 0 Å². The molecule has 8 heteroatoms. The van der Waals surface area contributed by atoms with Crippen LogP contribution in [-0.2, 0) is 21.2 Å². The molecule has 0 saturated carbocycles. The van der Waals surface area contributed by atoms with Crippen LogP contribution in [0, 0.1) is 0 Å². The third-order valence-electron chi connectivity index (χ3n) is 4.88. The first-order valence-corrected chi connectivity index (χ1v) is 10.2. The summed E-state index contributed by atoms with van der Waals surface area (Å²) >= 11 is 0. The number of nitrogens with zero attached hydrogens (tertiary/aromatic N) is 2. The van der Waals surface area contributed by atoms with Crippen LogP contribution in [0.2, 0.25) is 0 Å². The van der Waals surface area contributed by atoms with Crippen molar-refractivity contribution in [3.8, 4) is 0 Å². The number of likely N-dealkylation sites (tertiary alicyclic amines) is 1. The quantitative estimate of drug-likeness (QED) is 0.680. The van der Waals surface area contributed by atoms with Crippen molar-refractivity contribution >= 4 is 26.8 Å². The number of aromatic nitrogens is 1. The average Bonchev–Trinajstić information content (AvgIpc) is 3.29. The summed E-state index contributed by atoms with van der Waals surface area (Å²) in [6.07, 6.45) is 0.379. The van der Waals surface area contributed by atoms with Gasteiger partial charge in [0.05, 0.1) is 15.7 Å². The summed E-state index contributed by atoms with van der Waals surface area (Å²) in [6.45, 7) is 0.300. The molecule has 2 heterocycles. The Kier molecular flexibility index (Phi) is 4.35. The van der Waals surface area contributed by atoms with E-state index in [-0.39, 0.29) is 23.9 Å². The Hall–Kier alpha value is -2.87. The molecule has 1 aromatic heterocycles. The molecule has 2 aromatic carbocycles. The number of amides is 1. The zero-order chi connectivity index (χ0) is 19.0. The van der Waals surface area contributed by atoms with Gasteiger partial charge in [0.15, 0.2) is 15.4 Å². The molecular weight excluding hydrogens is 368 g/mol. The van der Waals surface area contributed by atoms with Gasteiger partial charge in [-0.2, -0.15) is 0 Å². The lowest BCUT2D eigenvalue weighted by molar-refractivity contribution is -0.130. The molecule has 1 aliphatic heterocycles. The summed E-state index contributed by atoms with van der Waals surface area (Å²) in [7, 11) is -3.49. The van der Waals surface area contributed by atoms with E-state index < -0.39 is 20.8 Å². The highest BCUT2D eigenvalue weighted by Gasteiger charge is 2.36. The third kappa shape index (κ3) is 3.16. The average molecular weight is 386 g/mol. The van der Waals surface area contributed by atoms with Gasteiger partial charge in [0.2, 0.25) is 5.91 Å². The summed E-state index contributed by atoms with van der Waals surface area (Å²) < 4.78 is 31.9. The maximum Gasteiger partial charge on any atom is 0.420 e. The first-order chi connectivity index (χ1) is 13.0. The lowest BCUT2D eigenvalue weighted by Crippen LogP contribution is -2.35. The molecule has 1 aliphatic rings. The molecule has 3 aromatic rings. The number of carbonyl (C=O) groups is 1. The van der Waals surface area contributed by atoms with Crippen LogP contribution < -0.4 is 5.76 Å². The third-order valence-corrected chi connectivity index (χ3v) is 7.07. The molecule has 1 saturated heterocycles. The van der Waals surface area contributed by atoms with E-state index in [1.54, 1.807) is 54.6 Å². The monoisotopic (exact) mass is 386 g/mol. The van der Waals surface area contributed by atoms with Gasteiger partial charge in [-0.05, 0) is 30.7 Å². The second kappa shape index (κ2) is 6.70. The summed E-state index contributed by atoms with van der Waals surface area (Å²) in [5.74, 6) is -0.897. The van der Waals surface area contributed by atoms with Gasteiger partial charge in [0, 0.05) is 13.1 Å². The molecule has 1 fully saturated rings. The predicted molar refractivity (Wildman–Crippen MR) is 99.1 cm³/mol. The van der Waals surface area contributed by atoms with Gasteiger partial charge < -0.3 is 9.32 Å². The van der Waals surface area contributed by atoms with Crippen LogP contribution in [0.25, 0.3) is 11.1 Å². The number of carbonyl (C=O) groups excluding carboxylic acids is 1. The van der Waals surface area contributed by atoms with Crippen molar-refractivity contribution in [2.45, 2.75) is 23.1 Å². The van der Waals surface area contributed by atoms with Crippen molar-refractivity contribution in [2.75, 3.05) is 13.1 Å². The number of sulfone groups is 1. The molecular formula is C19H18N2O5S. The summed E-state index contributed by atoms with van der Waals surface area (Å²) in [4.78, 5) is 26.4. The minimum absolute atomic E-state index is 0.126.